The molecule has 8 heteroatoms. The Balaban J connectivity index is 1.77. The minimum Gasteiger partial charge on any atom is -0.358 e. The van der Waals surface area contributed by atoms with Crippen molar-refractivity contribution < 1.29 is 13.2 Å². The van der Waals surface area contributed by atoms with Crippen molar-refractivity contribution in [3.8, 4) is 0 Å². The Kier molecular flexibility index (Phi) is 6.05. The molecule has 1 aliphatic carbocycles. The van der Waals surface area contributed by atoms with Crippen molar-refractivity contribution in [1.29, 1.82) is 0 Å². The number of fused-ring (bicyclic) bond motifs is 2. The monoisotopic (exact) mass is 442 g/mol. The third kappa shape index (κ3) is 4.61. The Morgan fingerprint density at radius 3 is 2.68 bits per heavy atom. The van der Waals surface area contributed by atoms with Gasteiger partial charge in [-0.15, -0.1) is 0 Å². The van der Waals surface area contributed by atoms with Gasteiger partial charge in [-0.3, -0.25) is 4.79 Å². The van der Waals surface area contributed by atoms with Crippen LogP contribution in [0.3, 0.4) is 0 Å². The van der Waals surface area contributed by atoms with Gasteiger partial charge in [-0.05, 0) is 94.6 Å². The van der Waals surface area contributed by atoms with Crippen LogP contribution < -0.4 is 10.5 Å². The summed E-state index contributed by atoms with van der Waals surface area (Å²) in [5.41, 5.74) is 6.57. The van der Waals surface area contributed by atoms with E-state index in [0.29, 0.717) is 16.8 Å². The van der Waals surface area contributed by atoms with Crippen molar-refractivity contribution in [3.05, 3.63) is 46.3 Å². The fourth-order valence-electron chi connectivity index (χ4n) is 4.57. The van der Waals surface area contributed by atoms with Crippen LogP contribution >= 0.6 is 0 Å². The standard InChI is InChI=1S/C23H30N4O3S/c1-27(2)12-6-8-17-16-7-4-3-5-9-20(16)25-22(17)14-19-18-13-15(31(24,29)30)10-11-21(18)26-23(19)28/h10-11,13-14,25H,3-9,12H2,1-2H3,(H,26,28)(H2,24,29,30). The van der Waals surface area contributed by atoms with Gasteiger partial charge in [0.05, 0.1) is 10.5 Å². The molecule has 1 aromatic carbocycles. The number of rotatable bonds is 6. The van der Waals surface area contributed by atoms with Crippen molar-refractivity contribution >= 4 is 33.3 Å². The maximum atomic E-state index is 12.7. The van der Waals surface area contributed by atoms with Crippen molar-refractivity contribution in [1.82, 2.24) is 9.88 Å². The number of hydrogen-bond acceptors (Lipinski definition) is 4. The lowest BCUT2D eigenvalue weighted by Crippen LogP contribution is -2.14. The first-order valence-corrected chi connectivity index (χ1v) is 12.4. The predicted octanol–water partition coefficient (Wildman–Crippen LogP) is 2.92. The number of benzene rings is 1. The number of carbonyl (C=O) groups is 1. The zero-order valence-electron chi connectivity index (χ0n) is 18.1. The van der Waals surface area contributed by atoms with Crippen molar-refractivity contribution in [2.45, 2.75) is 49.8 Å². The van der Waals surface area contributed by atoms with E-state index in [1.807, 2.05) is 6.08 Å². The average Bonchev–Trinajstić information content (AvgIpc) is 3.06. The molecule has 1 aliphatic heterocycles. The molecule has 2 aromatic rings. The SMILES string of the molecule is CN(C)CCCc1c(C=C2C(=O)Nc3ccc(S(N)(=O)=O)cc32)[nH]c2c1CCCCC2. The molecule has 0 saturated heterocycles. The van der Waals surface area contributed by atoms with Crippen molar-refractivity contribution in [2.75, 3.05) is 26.0 Å². The van der Waals surface area contributed by atoms with Crippen LogP contribution in [0.5, 0.6) is 0 Å². The lowest BCUT2D eigenvalue weighted by molar-refractivity contribution is -0.110. The first kappa shape index (κ1) is 21.8. The summed E-state index contributed by atoms with van der Waals surface area (Å²) in [5, 5.41) is 8.14. The Bertz CT molecular complexity index is 1150. The van der Waals surface area contributed by atoms with Gasteiger partial charge < -0.3 is 15.2 Å². The summed E-state index contributed by atoms with van der Waals surface area (Å²) < 4.78 is 23.6. The maximum absolute atomic E-state index is 12.7. The van der Waals surface area contributed by atoms with E-state index in [2.05, 4.69) is 29.3 Å². The van der Waals surface area contributed by atoms with Crippen LogP contribution in [0.2, 0.25) is 0 Å². The van der Waals surface area contributed by atoms with Crippen molar-refractivity contribution in [2.24, 2.45) is 5.14 Å². The highest BCUT2D eigenvalue weighted by molar-refractivity contribution is 7.89. The van der Waals surface area contributed by atoms with Crippen LogP contribution in [0.15, 0.2) is 23.1 Å². The highest BCUT2D eigenvalue weighted by atomic mass is 32.2. The highest BCUT2D eigenvalue weighted by Crippen LogP contribution is 2.36. The molecule has 0 bridgehead atoms. The molecule has 0 spiro atoms. The molecule has 0 unspecified atom stereocenters. The van der Waals surface area contributed by atoms with Crippen LogP contribution in [-0.2, 0) is 34.1 Å². The number of amides is 1. The number of carbonyl (C=O) groups excluding carboxylic acids is 1. The molecule has 2 heterocycles. The molecule has 1 amide bonds. The lowest BCUT2D eigenvalue weighted by Gasteiger charge is -2.11. The van der Waals surface area contributed by atoms with Gasteiger partial charge in [-0.1, -0.05) is 6.42 Å². The number of anilines is 1. The molecule has 0 saturated carbocycles. The van der Waals surface area contributed by atoms with E-state index in [1.54, 1.807) is 6.07 Å². The van der Waals surface area contributed by atoms with Crippen LogP contribution in [0.4, 0.5) is 5.69 Å². The van der Waals surface area contributed by atoms with E-state index in [9.17, 15) is 13.2 Å². The summed E-state index contributed by atoms with van der Waals surface area (Å²) in [4.78, 5) is 18.5. The number of aromatic amines is 1. The van der Waals surface area contributed by atoms with Gasteiger partial charge in [0, 0.05) is 22.6 Å². The summed E-state index contributed by atoms with van der Waals surface area (Å²) in [6.07, 6.45) is 9.53. The van der Waals surface area contributed by atoms with Crippen LogP contribution in [0.25, 0.3) is 11.6 Å². The number of aryl methyl sites for hydroxylation is 1. The number of primary sulfonamides is 1. The normalized spacial score (nSPS) is 17.5. The maximum Gasteiger partial charge on any atom is 0.256 e. The average molecular weight is 443 g/mol. The lowest BCUT2D eigenvalue weighted by atomic mass is 9.98. The zero-order valence-corrected chi connectivity index (χ0v) is 18.9. The third-order valence-electron chi connectivity index (χ3n) is 6.12. The van der Waals surface area contributed by atoms with E-state index in [1.165, 1.54) is 48.2 Å². The van der Waals surface area contributed by atoms with Gasteiger partial charge in [0.25, 0.3) is 5.91 Å². The first-order chi connectivity index (χ1) is 14.7. The topological polar surface area (TPSA) is 108 Å². The van der Waals surface area contributed by atoms with Gasteiger partial charge in [-0.25, -0.2) is 13.6 Å². The summed E-state index contributed by atoms with van der Waals surface area (Å²) in [5.74, 6) is -0.231. The molecule has 0 fully saturated rings. The fraction of sp³-hybridized carbons (Fsp3) is 0.435. The number of aromatic nitrogens is 1. The number of sulfonamides is 1. The third-order valence-corrected chi connectivity index (χ3v) is 7.03. The van der Waals surface area contributed by atoms with E-state index in [0.717, 1.165) is 37.9 Å². The highest BCUT2D eigenvalue weighted by Gasteiger charge is 2.27. The van der Waals surface area contributed by atoms with E-state index < -0.39 is 10.0 Å². The van der Waals surface area contributed by atoms with E-state index in [4.69, 9.17) is 5.14 Å². The summed E-state index contributed by atoms with van der Waals surface area (Å²) in [7, 11) is 0.294. The molecule has 31 heavy (non-hydrogen) atoms. The van der Waals surface area contributed by atoms with Gasteiger partial charge in [0.15, 0.2) is 0 Å². The second kappa shape index (κ2) is 8.61. The van der Waals surface area contributed by atoms with Crippen molar-refractivity contribution in [3.63, 3.8) is 0 Å². The quantitative estimate of drug-likeness (QED) is 0.472. The Morgan fingerprint density at radius 2 is 1.94 bits per heavy atom. The zero-order chi connectivity index (χ0) is 22.2. The van der Waals surface area contributed by atoms with Gasteiger partial charge in [0.2, 0.25) is 10.0 Å². The second-order valence-corrected chi connectivity index (χ2v) is 10.3. The van der Waals surface area contributed by atoms with Crippen LogP contribution in [0, 0.1) is 0 Å². The number of nitrogens with one attached hydrogen (secondary N) is 2. The van der Waals surface area contributed by atoms with Crippen LogP contribution in [0.1, 0.15) is 53.8 Å². The second-order valence-electron chi connectivity index (χ2n) is 8.71. The number of H-pyrrole nitrogens is 1. The predicted molar refractivity (Wildman–Crippen MR) is 123 cm³/mol. The molecule has 7 nitrogen and oxygen atoms in total. The molecule has 4 rings (SSSR count). The van der Waals surface area contributed by atoms with Crippen LogP contribution in [-0.4, -0.2) is 44.8 Å². The molecule has 4 N–H and O–H groups in total. The Hall–Kier alpha value is -2.42. The Labute approximate surface area is 183 Å². The minimum absolute atomic E-state index is 0.00197. The molecule has 0 atom stereocenters. The van der Waals surface area contributed by atoms with E-state index >= 15 is 0 Å². The molecular weight excluding hydrogens is 412 g/mol. The molecular formula is C23H30N4O3S. The Morgan fingerprint density at radius 1 is 1.16 bits per heavy atom. The molecule has 1 aromatic heterocycles. The molecule has 166 valence electrons. The van der Waals surface area contributed by atoms with E-state index in [-0.39, 0.29) is 10.8 Å². The fourth-order valence-corrected chi connectivity index (χ4v) is 5.11. The van der Waals surface area contributed by atoms with Gasteiger partial charge >= 0.3 is 0 Å². The smallest absolute Gasteiger partial charge is 0.256 e. The number of nitrogens with zero attached hydrogens (tertiary/aromatic N) is 1. The largest absolute Gasteiger partial charge is 0.358 e. The molecule has 0 radical (unpaired) electrons. The number of hydrogen-bond donors (Lipinski definition) is 3. The van der Waals surface area contributed by atoms with Gasteiger partial charge in [0.1, 0.15) is 0 Å². The molecule has 2 aliphatic rings. The summed E-state index contributed by atoms with van der Waals surface area (Å²) in [6, 6.07) is 4.49. The summed E-state index contributed by atoms with van der Waals surface area (Å²) in [6.45, 7) is 0.997. The van der Waals surface area contributed by atoms with Gasteiger partial charge in [-0.2, -0.15) is 0 Å². The minimum atomic E-state index is -3.85. The number of nitrogens with two attached hydrogens (primary N) is 1. The first-order valence-electron chi connectivity index (χ1n) is 10.8. The summed E-state index contributed by atoms with van der Waals surface area (Å²) >= 11 is 0.